The molecule has 0 aliphatic heterocycles. The van der Waals surface area contributed by atoms with Gasteiger partial charge >= 0.3 is 5.97 Å². The fourth-order valence-electron chi connectivity index (χ4n) is 5.03. The van der Waals surface area contributed by atoms with Crippen molar-refractivity contribution in [1.29, 1.82) is 0 Å². The highest BCUT2D eigenvalue weighted by Gasteiger charge is 2.46. The molecule has 1 amide bonds. The summed E-state index contributed by atoms with van der Waals surface area (Å²) in [5, 5.41) is 13.2. The number of hydrogen-bond acceptors (Lipinski definition) is 2. The van der Waals surface area contributed by atoms with Crippen LogP contribution in [0.15, 0.2) is 42.5 Å². The van der Waals surface area contributed by atoms with Gasteiger partial charge in [0.15, 0.2) is 0 Å². The van der Waals surface area contributed by atoms with Crippen molar-refractivity contribution in [1.82, 2.24) is 0 Å². The van der Waals surface area contributed by atoms with Gasteiger partial charge in [0.1, 0.15) is 0 Å². The smallest absolute Gasteiger partial charge is 0.309 e. The van der Waals surface area contributed by atoms with Crippen LogP contribution >= 0.6 is 23.2 Å². The van der Waals surface area contributed by atoms with Gasteiger partial charge in [-0.25, -0.2) is 8.78 Å². The molecule has 0 heterocycles. The number of carbonyl (C=O) groups excluding carboxylic acids is 1. The summed E-state index contributed by atoms with van der Waals surface area (Å²) in [5.74, 6) is -5.34. The molecule has 0 aromatic heterocycles. The van der Waals surface area contributed by atoms with E-state index in [0.29, 0.717) is 40.6 Å². The largest absolute Gasteiger partial charge is 0.481 e. The van der Waals surface area contributed by atoms with Gasteiger partial charge < -0.3 is 10.4 Å². The molecule has 176 valence electrons. The number of halogens is 4. The van der Waals surface area contributed by atoms with Crippen molar-refractivity contribution in [2.75, 3.05) is 5.32 Å². The lowest BCUT2D eigenvalue weighted by Crippen LogP contribution is -2.39. The van der Waals surface area contributed by atoms with Crippen molar-refractivity contribution in [3.8, 4) is 0 Å². The molecular weight excluding hydrogens is 471 g/mol. The Morgan fingerprint density at radius 3 is 2.33 bits per heavy atom. The van der Waals surface area contributed by atoms with Gasteiger partial charge in [0, 0.05) is 17.9 Å². The Morgan fingerprint density at radius 1 is 1.09 bits per heavy atom. The van der Waals surface area contributed by atoms with Gasteiger partial charge in [0.25, 0.3) is 0 Å². The predicted molar refractivity (Wildman–Crippen MR) is 124 cm³/mol. The summed E-state index contributed by atoms with van der Waals surface area (Å²) < 4.78 is 28.0. The zero-order valence-corrected chi connectivity index (χ0v) is 19.4. The summed E-state index contributed by atoms with van der Waals surface area (Å²) in [6.45, 7) is 0. The topological polar surface area (TPSA) is 66.4 Å². The van der Waals surface area contributed by atoms with Crippen LogP contribution in [-0.4, -0.2) is 22.9 Å². The summed E-state index contributed by atoms with van der Waals surface area (Å²) in [7, 11) is 0. The highest BCUT2D eigenvalue weighted by molar-refractivity contribution is 6.33. The van der Waals surface area contributed by atoms with E-state index in [2.05, 4.69) is 5.32 Å². The first-order valence-corrected chi connectivity index (χ1v) is 11.8. The molecule has 8 heteroatoms. The number of benzene rings is 2. The maximum Gasteiger partial charge on any atom is 0.309 e. The van der Waals surface area contributed by atoms with Crippen LogP contribution in [0, 0.1) is 11.3 Å². The van der Waals surface area contributed by atoms with Gasteiger partial charge in [-0.1, -0.05) is 47.8 Å². The summed E-state index contributed by atoms with van der Waals surface area (Å²) in [4.78, 5) is 25.1. The molecule has 4 rings (SSSR count). The molecule has 4 nitrogen and oxygen atoms in total. The van der Waals surface area contributed by atoms with Crippen LogP contribution < -0.4 is 5.32 Å². The van der Waals surface area contributed by atoms with Crippen molar-refractivity contribution >= 4 is 40.8 Å². The lowest BCUT2D eigenvalue weighted by molar-refractivity contribution is -0.154. The molecule has 0 saturated heterocycles. The van der Waals surface area contributed by atoms with Crippen LogP contribution in [0.3, 0.4) is 0 Å². The summed E-state index contributed by atoms with van der Waals surface area (Å²) in [5.41, 5.74) is 0.942. The second-order valence-electron chi connectivity index (χ2n) is 9.31. The minimum absolute atomic E-state index is 0.239. The monoisotopic (exact) mass is 495 g/mol. The zero-order chi connectivity index (χ0) is 23.8. The van der Waals surface area contributed by atoms with E-state index in [9.17, 15) is 23.5 Å². The molecule has 0 spiro atoms. The molecule has 2 aliphatic carbocycles. The van der Waals surface area contributed by atoms with Crippen LogP contribution in [0.25, 0.3) is 0 Å². The molecule has 0 bridgehead atoms. The van der Waals surface area contributed by atoms with E-state index >= 15 is 0 Å². The van der Waals surface area contributed by atoms with E-state index in [1.54, 1.807) is 42.5 Å². The molecular formula is C25H25Cl2F2NO3. The Balaban J connectivity index is 1.58. The normalized spacial score (nSPS) is 21.8. The van der Waals surface area contributed by atoms with Gasteiger partial charge in [0.2, 0.25) is 11.8 Å². The highest BCUT2D eigenvalue weighted by Crippen LogP contribution is 2.47. The number of carboxylic acid groups (broad SMARTS) is 1. The van der Waals surface area contributed by atoms with Crippen LogP contribution in [0.5, 0.6) is 0 Å². The number of alkyl halides is 2. The fourth-order valence-corrected chi connectivity index (χ4v) is 5.32. The average Bonchev–Trinajstić information content (AvgIpc) is 3.07. The Hall–Kier alpha value is -2.18. The third kappa shape index (κ3) is 5.17. The number of aliphatic carboxylic acids is 1. The molecule has 2 saturated carbocycles. The quantitative estimate of drug-likeness (QED) is 0.436. The molecule has 2 N–H and O–H groups in total. The number of hydrogen-bond donors (Lipinski definition) is 2. The Bertz CT molecular complexity index is 1050. The van der Waals surface area contributed by atoms with Crippen LogP contribution in [0.1, 0.15) is 55.6 Å². The number of amides is 1. The maximum atomic E-state index is 14.0. The minimum atomic E-state index is -2.79. The molecule has 2 atom stereocenters. The molecule has 2 fully saturated rings. The molecule has 2 aliphatic rings. The van der Waals surface area contributed by atoms with Gasteiger partial charge in [0.05, 0.1) is 22.0 Å². The number of carboxylic acids is 1. The van der Waals surface area contributed by atoms with E-state index in [1.807, 2.05) is 0 Å². The Labute approximate surface area is 201 Å². The first-order chi connectivity index (χ1) is 15.6. The summed E-state index contributed by atoms with van der Waals surface area (Å²) in [6.07, 6.45) is 2.08. The van der Waals surface area contributed by atoms with E-state index in [-0.39, 0.29) is 19.3 Å². The molecule has 2 aromatic carbocycles. The van der Waals surface area contributed by atoms with Crippen LogP contribution in [0.2, 0.25) is 10.0 Å². The van der Waals surface area contributed by atoms with Gasteiger partial charge in [-0.2, -0.15) is 0 Å². The molecule has 33 heavy (non-hydrogen) atoms. The van der Waals surface area contributed by atoms with Crippen molar-refractivity contribution in [3.63, 3.8) is 0 Å². The van der Waals surface area contributed by atoms with E-state index in [1.165, 1.54) is 0 Å². The average molecular weight is 496 g/mol. The lowest BCUT2D eigenvalue weighted by Gasteiger charge is -2.37. The Kier molecular flexibility index (Phi) is 6.70. The molecule has 2 unspecified atom stereocenters. The number of nitrogens with one attached hydrogen (secondary N) is 1. The number of rotatable bonds is 7. The lowest BCUT2D eigenvalue weighted by atomic mass is 9.65. The van der Waals surface area contributed by atoms with Crippen molar-refractivity contribution < 1.29 is 23.5 Å². The summed E-state index contributed by atoms with van der Waals surface area (Å²) >= 11 is 12.3. The molecule has 2 aromatic rings. The predicted octanol–water partition coefficient (Wildman–Crippen LogP) is 6.95. The van der Waals surface area contributed by atoms with Crippen LogP contribution in [-0.2, 0) is 16.0 Å². The highest BCUT2D eigenvalue weighted by atomic mass is 35.5. The van der Waals surface area contributed by atoms with Gasteiger partial charge in [-0.15, -0.1) is 0 Å². The fraction of sp³-hybridized carbons (Fsp3) is 0.440. The number of carbonyl (C=O) groups is 2. The van der Waals surface area contributed by atoms with Crippen molar-refractivity contribution in [2.45, 2.75) is 56.8 Å². The second-order valence-corrected chi connectivity index (χ2v) is 10.2. The summed E-state index contributed by atoms with van der Waals surface area (Å²) in [6, 6.07) is 11.7. The van der Waals surface area contributed by atoms with Crippen molar-refractivity contribution in [3.05, 3.63) is 63.6 Å². The van der Waals surface area contributed by atoms with E-state index < -0.39 is 35.0 Å². The Morgan fingerprint density at radius 2 is 1.79 bits per heavy atom. The van der Waals surface area contributed by atoms with Crippen molar-refractivity contribution in [2.24, 2.45) is 11.3 Å². The van der Waals surface area contributed by atoms with E-state index in [0.717, 1.165) is 12.0 Å². The maximum absolute atomic E-state index is 14.0. The SMILES string of the molecule is O=C(Nc1cc(CC2(C(=O)O)CCC2)ccc1Cl)C(c1ccc(Cl)cc1)C1CCC(F)(F)C1. The third-order valence-corrected chi connectivity index (χ3v) is 7.60. The third-order valence-electron chi connectivity index (χ3n) is 7.02. The van der Waals surface area contributed by atoms with Gasteiger partial charge in [-0.05, 0) is 67.0 Å². The zero-order valence-electron chi connectivity index (χ0n) is 17.9. The number of anilines is 1. The first kappa shape index (κ1) is 24.0. The van der Waals surface area contributed by atoms with E-state index in [4.69, 9.17) is 23.2 Å². The first-order valence-electron chi connectivity index (χ1n) is 11.0. The minimum Gasteiger partial charge on any atom is -0.481 e. The standard InChI is InChI=1S/C25H25Cl2F2NO3/c26-18-5-3-16(4-6-18)21(17-8-11-25(28,29)14-17)22(31)30-20-12-15(2-7-19(20)27)13-24(23(32)33)9-1-10-24/h2-7,12,17,21H,1,8-11,13-14H2,(H,30,31)(H,32,33). The van der Waals surface area contributed by atoms with Crippen LogP contribution in [0.4, 0.5) is 14.5 Å². The van der Waals surface area contributed by atoms with Gasteiger partial charge in [-0.3, -0.25) is 9.59 Å². The second kappa shape index (κ2) is 9.22. The molecule has 0 radical (unpaired) electrons.